The zero-order valence-corrected chi connectivity index (χ0v) is 12.0. The van der Waals surface area contributed by atoms with Gasteiger partial charge in [-0.2, -0.15) is 5.10 Å². The smallest absolute Gasteiger partial charge is 0.356 e. The molecule has 6 heteroatoms. The number of halogens is 2. The molecule has 2 rings (SSSR count). The standard InChI is InChI=1S/C13H12BrFN2O2/c1-7(2)17-12(6-11(16-17)13(18)19)9-5-8(14)3-4-10(9)15/h3-7H,1-2H3,(H,18,19). The van der Waals surface area contributed by atoms with Gasteiger partial charge in [-0.15, -0.1) is 0 Å². The van der Waals surface area contributed by atoms with E-state index in [-0.39, 0.29) is 11.7 Å². The molecule has 0 spiro atoms. The second-order valence-corrected chi connectivity index (χ2v) is 5.30. The van der Waals surface area contributed by atoms with Crippen LogP contribution in [-0.4, -0.2) is 20.9 Å². The first kappa shape index (κ1) is 13.7. The second-order valence-electron chi connectivity index (χ2n) is 4.38. The van der Waals surface area contributed by atoms with Crippen LogP contribution in [0.2, 0.25) is 0 Å². The van der Waals surface area contributed by atoms with Gasteiger partial charge in [0.15, 0.2) is 5.69 Å². The monoisotopic (exact) mass is 326 g/mol. The summed E-state index contributed by atoms with van der Waals surface area (Å²) >= 11 is 3.28. The third-order valence-electron chi connectivity index (χ3n) is 2.65. The van der Waals surface area contributed by atoms with Gasteiger partial charge >= 0.3 is 5.97 Å². The Labute approximate surface area is 118 Å². The summed E-state index contributed by atoms with van der Waals surface area (Å²) in [5.74, 6) is -1.54. The molecule has 1 N–H and O–H groups in total. The highest BCUT2D eigenvalue weighted by Crippen LogP contribution is 2.28. The molecular formula is C13H12BrFN2O2. The third-order valence-corrected chi connectivity index (χ3v) is 3.14. The molecule has 2 aromatic rings. The van der Waals surface area contributed by atoms with Crippen molar-refractivity contribution in [3.05, 3.63) is 40.2 Å². The Morgan fingerprint density at radius 2 is 2.11 bits per heavy atom. The maximum atomic E-state index is 13.9. The third kappa shape index (κ3) is 2.68. The summed E-state index contributed by atoms with van der Waals surface area (Å²) in [4.78, 5) is 11.0. The molecule has 0 saturated carbocycles. The molecule has 4 nitrogen and oxygen atoms in total. The van der Waals surface area contributed by atoms with Crippen molar-refractivity contribution in [2.75, 3.05) is 0 Å². The van der Waals surface area contributed by atoms with E-state index >= 15 is 0 Å². The van der Waals surface area contributed by atoms with Gasteiger partial charge in [-0.05, 0) is 38.1 Å². The molecule has 0 bridgehead atoms. The van der Waals surface area contributed by atoms with Crippen LogP contribution in [0.5, 0.6) is 0 Å². The van der Waals surface area contributed by atoms with Gasteiger partial charge < -0.3 is 5.11 Å². The maximum Gasteiger partial charge on any atom is 0.356 e. The summed E-state index contributed by atoms with van der Waals surface area (Å²) in [6.07, 6.45) is 0. The SMILES string of the molecule is CC(C)n1nc(C(=O)O)cc1-c1cc(Br)ccc1F. The number of rotatable bonds is 3. The van der Waals surface area contributed by atoms with Gasteiger partial charge in [0, 0.05) is 16.1 Å². The van der Waals surface area contributed by atoms with Crippen LogP contribution >= 0.6 is 15.9 Å². The van der Waals surface area contributed by atoms with Crippen LogP contribution < -0.4 is 0 Å². The quantitative estimate of drug-likeness (QED) is 0.934. The molecule has 0 aliphatic carbocycles. The van der Waals surface area contributed by atoms with E-state index in [0.717, 1.165) is 4.47 Å². The fourth-order valence-corrected chi connectivity index (χ4v) is 2.15. The Hall–Kier alpha value is -1.69. The summed E-state index contributed by atoms with van der Waals surface area (Å²) in [7, 11) is 0. The number of hydrogen-bond acceptors (Lipinski definition) is 2. The van der Waals surface area contributed by atoms with Gasteiger partial charge in [-0.3, -0.25) is 4.68 Å². The number of aromatic carboxylic acids is 1. The average Bonchev–Trinajstić information content (AvgIpc) is 2.77. The molecule has 0 atom stereocenters. The number of carbonyl (C=O) groups is 1. The molecule has 19 heavy (non-hydrogen) atoms. The Kier molecular flexibility index (Phi) is 3.71. The lowest BCUT2D eigenvalue weighted by molar-refractivity contribution is 0.0689. The summed E-state index contributed by atoms with van der Waals surface area (Å²) in [6.45, 7) is 3.72. The molecule has 1 aromatic heterocycles. The largest absolute Gasteiger partial charge is 0.476 e. The van der Waals surface area contributed by atoms with Crippen molar-refractivity contribution in [1.29, 1.82) is 0 Å². The highest BCUT2D eigenvalue weighted by molar-refractivity contribution is 9.10. The van der Waals surface area contributed by atoms with Gasteiger partial charge in [-0.25, -0.2) is 9.18 Å². The van der Waals surface area contributed by atoms with Crippen molar-refractivity contribution >= 4 is 21.9 Å². The van der Waals surface area contributed by atoms with Crippen molar-refractivity contribution in [3.8, 4) is 11.3 Å². The Morgan fingerprint density at radius 1 is 1.42 bits per heavy atom. The van der Waals surface area contributed by atoms with E-state index in [9.17, 15) is 9.18 Å². The zero-order valence-electron chi connectivity index (χ0n) is 10.4. The van der Waals surface area contributed by atoms with Crippen LogP contribution in [0.1, 0.15) is 30.4 Å². The molecule has 0 unspecified atom stereocenters. The first-order chi connectivity index (χ1) is 8.90. The highest BCUT2D eigenvalue weighted by Gasteiger charge is 2.18. The van der Waals surface area contributed by atoms with E-state index in [1.54, 1.807) is 12.1 Å². The van der Waals surface area contributed by atoms with Gasteiger partial charge in [0.1, 0.15) is 5.82 Å². The minimum atomic E-state index is -1.13. The maximum absolute atomic E-state index is 13.9. The number of aromatic nitrogens is 2. The van der Waals surface area contributed by atoms with Gasteiger partial charge in [0.2, 0.25) is 0 Å². The van der Waals surface area contributed by atoms with Crippen LogP contribution in [0.15, 0.2) is 28.7 Å². The van der Waals surface area contributed by atoms with E-state index < -0.39 is 11.8 Å². The molecular weight excluding hydrogens is 315 g/mol. The highest BCUT2D eigenvalue weighted by atomic mass is 79.9. The summed E-state index contributed by atoms with van der Waals surface area (Å²) in [5.41, 5.74) is 0.678. The van der Waals surface area contributed by atoms with E-state index in [0.29, 0.717) is 11.3 Å². The minimum Gasteiger partial charge on any atom is -0.476 e. The van der Waals surface area contributed by atoms with Crippen LogP contribution in [0, 0.1) is 5.82 Å². The molecule has 1 aromatic carbocycles. The molecule has 0 radical (unpaired) electrons. The second kappa shape index (κ2) is 5.13. The summed E-state index contributed by atoms with van der Waals surface area (Å²) in [5, 5.41) is 13.0. The predicted octanol–water partition coefficient (Wildman–Crippen LogP) is 3.73. The Morgan fingerprint density at radius 3 is 2.68 bits per heavy atom. The topological polar surface area (TPSA) is 55.1 Å². The summed E-state index contributed by atoms with van der Waals surface area (Å²) < 4.78 is 16.1. The molecule has 0 amide bonds. The van der Waals surface area contributed by atoms with Crippen LogP contribution in [-0.2, 0) is 0 Å². The molecule has 0 aliphatic rings. The molecule has 0 aliphatic heterocycles. The van der Waals surface area contributed by atoms with E-state index in [4.69, 9.17) is 5.11 Å². The molecule has 1 heterocycles. The number of benzene rings is 1. The normalized spacial score (nSPS) is 11.0. The van der Waals surface area contributed by atoms with E-state index in [1.165, 1.54) is 16.8 Å². The lowest BCUT2D eigenvalue weighted by Gasteiger charge is -2.11. The van der Waals surface area contributed by atoms with E-state index in [1.807, 2.05) is 13.8 Å². The average molecular weight is 327 g/mol. The lowest BCUT2D eigenvalue weighted by atomic mass is 10.1. The number of carboxylic acid groups (broad SMARTS) is 1. The number of carboxylic acids is 1. The van der Waals surface area contributed by atoms with Gasteiger partial charge in [-0.1, -0.05) is 15.9 Å². The Balaban J connectivity index is 2.66. The predicted molar refractivity (Wildman–Crippen MR) is 72.7 cm³/mol. The lowest BCUT2D eigenvalue weighted by Crippen LogP contribution is -2.07. The minimum absolute atomic E-state index is 0.0681. The van der Waals surface area contributed by atoms with Crippen molar-refractivity contribution < 1.29 is 14.3 Å². The van der Waals surface area contributed by atoms with Crippen molar-refractivity contribution in [2.45, 2.75) is 19.9 Å². The fourth-order valence-electron chi connectivity index (χ4n) is 1.79. The first-order valence-electron chi connectivity index (χ1n) is 5.68. The van der Waals surface area contributed by atoms with Gasteiger partial charge in [0.25, 0.3) is 0 Å². The van der Waals surface area contributed by atoms with Crippen LogP contribution in [0.25, 0.3) is 11.3 Å². The summed E-state index contributed by atoms with van der Waals surface area (Å²) in [6, 6.07) is 5.84. The number of nitrogens with zero attached hydrogens (tertiary/aromatic N) is 2. The fraction of sp³-hybridized carbons (Fsp3) is 0.231. The van der Waals surface area contributed by atoms with Gasteiger partial charge in [0.05, 0.1) is 5.69 Å². The van der Waals surface area contributed by atoms with Crippen LogP contribution in [0.3, 0.4) is 0 Å². The first-order valence-corrected chi connectivity index (χ1v) is 6.47. The zero-order chi connectivity index (χ0) is 14.2. The van der Waals surface area contributed by atoms with Crippen molar-refractivity contribution in [1.82, 2.24) is 9.78 Å². The number of hydrogen-bond donors (Lipinski definition) is 1. The molecule has 0 saturated heterocycles. The van der Waals surface area contributed by atoms with Crippen LogP contribution in [0.4, 0.5) is 4.39 Å². The van der Waals surface area contributed by atoms with Crippen molar-refractivity contribution in [3.63, 3.8) is 0 Å². The van der Waals surface area contributed by atoms with E-state index in [2.05, 4.69) is 21.0 Å². The molecule has 100 valence electrons. The molecule has 0 fully saturated rings. The Bertz CT molecular complexity index is 638. The van der Waals surface area contributed by atoms with Crippen molar-refractivity contribution in [2.24, 2.45) is 0 Å².